The summed E-state index contributed by atoms with van der Waals surface area (Å²) < 4.78 is 26.2. The first-order valence-electron chi connectivity index (χ1n) is 9.28. The van der Waals surface area contributed by atoms with Gasteiger partial charge < -0.3 is 10.2 Å². The van der Waals surface area contributed by atoms with Gasteiger partial charge in [0.05, 0.1) is 11.9 Å². The van der Waals surface area contributed by atoms with Crippen LogP contribution in [0.3, 0.4) is 0 Å². The van der Waals surface area contributed by atoms with Gasteiger partial charge in [-0.15, -0.1) is 0 Å². The van der Waals surface area contributed by atoms with E-state index < -0.39 is 5.82 Å². The van der Waals surface area contributed by atoms with Gasteiger partial charge in [-0.3, -0.25) is 14.6 Å². The van der Waals surface area contributed by atoms with Crippen molar-refractivity contribution >= 4 is 17.5 Å². The Labute approximate surface area is 172 Å². The first-order chi connectivity index (χ1) is 14.4. The average molecular weight is 410 g/mol. The molecular formula is C22H20F2N4O2. The Bertz CT molecular complexity index is 1010. The zero-order valence-corrected chi connectivity index (χ0v) is 16.3. The van der Waals surface area contributed by atoms with Crippen molar-refractivity contribution in [3.8, 4) is 0 Å². The van der Waals surface area contributed by atoms with E-state index in [0.29, 0.717) is 16.9 Å². The maximum absolute atomic E-state index is 13.2. The van der Waals surface area contributed by atoms with E-state index in [-0.39, 0.29) is 42.8 Å². The molecule has 1 heterocycles. The maximum Gasteiger partial charge on any atom is 0.274 e. The van der Waals surface area contributed by atoms with Gasteiger partial charge in [-0.2, -0.15) is 0 Å². The molecule has 0 aliphatic carbocycles. The highest BCUT2D eigenvalue weighted by Gasteiger charge is 2.19. The van der Waals surface area contributed by atoms with Crippen molar-refractivity contribution in [2.45, 2.75) is 19.9 Å². The molecule has 0 aliphatic rings. The number of rotatable bonds is 7. The van der Waals surface area contributed by atoms with E-state index in [2.05, 4.69) is 15.3 Å². The monoisotopic (exact) mass is 410 g/mol. The van der Waals surface area contributed by atoms with Crippen LogP contribution in [0.4, 0.5) is 14.5 Å². The van der Waals surface area contributed by atoms with Crippen LogP contribution in [-0.2, 0) is 11.3 Å². The molecule has 30 heavy (non-hydrogen) atoms. The van der Waals surface area contributed by atoms with E-state index in [1.54, 1.807) is 19.1 Å². The van der Waals surface area contributed by atoms with E-state index in [4.69, 9.17) is 0 Å². The average Bonchev–Trinajstić information content (AvgIpc) is 2.74. The van der Waals surface area contributed by atoms with Gasteiger partial charge in [0.1, 0.15) is 17.3 Å². The largest absolute Gasteiger partial charge is 0.332 e. The van der Waals surface area contributed by atoms with E-state index >= 15 is 0 Å². The third-order valence-corrected chi connectivity index (χ3v) is 4.31. The van der Waals surface area contributed by atoms with Crippen LogP contribution in [0.15, 0.2) is 60.9 Å². The standard InChI is InChI=1S/C22H20F2N4O2/c1-15-12-26-20(13-25-15)22(30)28(14-16-2-4-17(23)5-3-16)11-10-21(29)27-19-8-6-18(24)7-9-19/h2-9,12-13H,10-11,14H2,1H3,(H,27,29). The molecule has 1 N–H and O–H groups in total. The fourth-order valence-corrected chi connectivity index (χ4v) is 2.72. The fourth-order valence-electron chi connectivity index (χ4n) is 2.72. The Balaban J connectivity index is 1.70. The molecule has 0 unspecified atom stereocenters. The van der Waals surface area contributed by atoms with E-state index in [1.807, 2.05) is 0 Å². The van der Waals surface area contributed by atoms with Crippen LogP contribution in [-0.4, -0.2) is 33.2 Å². The SMILES string of the molecule is Cc1cnc(C(=O)N(CCC(=O)Nc2ccc(F)cc2)Cc2ccc(F)cc2)cn1. The van der Waals surface area contributed by atoms with Crippen molar-refractivity contribution in [2.24, 2.45) is 0 Å². The van der Waals surface area contributed by atoms with Gasteiger partial charge in [-0.25, -0.2) is 13.8 Å². The van der Waals surface area contributed by atoms with Crippen LogP contribution in [0.1, 0.15) is 28.2 Å². The van der Waals surface area contributed by atoms with Gasteiger partial charge in [0.25, 0.3) is 5.91 Å². The molecule has 6 nitrogen and oxygen atoms in total. The Kier molecular flexibility index (Phi) is 6.79. The zero-order chi connectivity index (χ0) is 21.5. The molecule has 0 radical (unpaired) electrons. The Morgan fingerprint density at radius 2 is 1.57 bits per heavy atom. The van der Waals surface area contributed by atoms with Crippen LogP contribution in [0, 0.1) is 18.6 Å². The highest BCUT2D eigenvalue weighted by atomic mass is 19.1. The number of aromatic nitrogens is 2. The summed E-state index contributed by atoms with van der Waals surface area (Å²) in [7, 11) is 0. The van der Waals surface area contributed by atoms with E-state index in [1.165, 1.54) is 53.7 Å². The molecule has 3 rings (SSSR count). The van der Waals surface area contributed by atoms with Crippen molar-refractivity contribution in [1.29, 1.82) is 0 Å². The van der Waals surface area contributed by atoms with Crippen molar-refractivity contribution in [3.63, 3.8) is 0 Å². The van der Waals surface area contributed by atoms with Crippen LogP contribution in [0.2, 0.25) is 0 Å². The highest BCUT2D eigenvalue weighted by molar-refractivity contribution is 5.93. The number of amides is 2. The summed E-state index contributed by atoms with van der Waals surface area (Å²) in [4.78, 5) is 34.8. The molecule has 2 aromatic carbocycles. The van der Waals surface area contributed by atoms with E-state index in [0.717, 1.165) is 0 Å². The first-order valence-corrected chi connectivity index (χ1v) is 9.28. The molecule has 154 valence electrons. The number of halogens is 2. The molecular weight excluding hydrogens is 390 g/mol. The van der Waals surface area contributed by atoms with Crippen molar-refractivity contribution in [3.05, 3.63) is 89.5 Å². The lowest BCUT2D eigenvalue weighted by atomic mass is 10.2. The van der Waals surface area contributed by atoms with E-state index in [9.17, 15) is 18.4 Å². The summed E-state index contributed by atoms with van der Waals surface area (Å²) in [6.07, 6.45) is 2.89. The van der Waals surface area contributed by atoms with Crippen molar-refractivity contribution in [1.82, 2.24) is 14.9 Å². The molecule has 2 amide bonds. The van der Waals surface area contributed by atoms with Crippen molar-refractivity contribution in [2.75, 3.05) is 11.9 Å². The van der Waals surface area contributed by atoms with Gasteiger partial charge in [-0.1, -0.05) is 12.1 Å². The van der Waals surface area contributed by atoms with Gasteiger partial charge in [0.15, 0.2) is 0 Å². The lowest BCUT2D eigenvalue weighted by Gasteiger charge is -2.22. The molecule has 0 fully saturated rings. The van der Waals surface area contributed by atoms with Crippen LogP contribution >= 0.6 is 0 Å². The molecule has 1 aromatic heterocycles. The summed E-state index contributed by atoms with van der Waals surface area (Å²) in [6.45, 7) is 2.05. The summed E-state index contributed by atoms with van der Waals surface area (Å²) >= 11 is 0. The normalized spacial score (nSPS) is 10.5. The number of nitrogens with zero attached hydrogens (tertiary/aromatic N) is 3. The second kappa shape index (κ2) is 9.69. The molecule has 0 saturated carbocycles. The second-order valence-corrected chi connectivity index (χ2v) is 6.70. The summed E-state index contributed by atoms with van der Waals surface area (Å²) in [5, 5.41) is 2.66. The summed E-state index contributed by atoms with van der Waals surface area (Å²) in [5.41, 5.74) is 2.00. The Morgan fingerprint density at radius 3 is 2.17 bits per heavy atom. The molecule has 8 heteroatoms. The number of carbonyl (C=O) groups excluding carboxylic acids is 2. The molecule has 0 bridgehead atoms. The number of benzene rings is 2. The number of aryl methyl sites for hydroxylation is 1. The number of hydrogen-bond donors (Lipinski definition) is 1. The Hall–Kier alpha value is -3.68. The smallest absolute Gasteiger partial charge is 0.274 e. The predicted molar refractivity (Wildman–Crippen MR) is 108 cm³/mol. The Morgan fingerprint density at radius 1 is 0.933 bits per heavy atom. The number of hydrogen-bond acceptors (Lipinski definition) is 4. The summed E-state index contributed by atoms with van der Waals surface area (Å²) in [5.74, 6) is -1.49. The van der Waals surface area contributed by atoms with Crippen LogP contribution in [0.5, 0.6) is 0 Å². The molecule has 0 aliphatic heterocycles. The molecule has 3 aromatic rings. The third kappa shape index (κ3) is 5.91. The van der Waals surface area contributed by atoms with Crippen LogP contribution in [0.25, 0.3) is 0 Å². The number of anilines is 1. The second-order valence-electron chi connectivity index (χ2n) is 6.70. The minimum absolute atomic E-state index is 0.0175. The predicted octanol–water partition coefficient (Wildman–Crippen LogP) is 3.73. The molecule has 0 saturated heterocycles. The number of nitrogens with one attached hydrogen (secondary N) is 1. The van der Waals surface area contributed by atoms with Gasteiger partial charge in [-0.05, 0) is 48.9 Å². The topological polar surface area (TPSA) is 75.2 Å². The fraction of sp³-hybridized carbons (Fsp3) is 0.182. The van der Waals surface area contributed by atoms with Gasteiger partial charge >= 0.3 is 0 Å². The highest BCUT2D eigenvalue weighted by Crippen LogP contribution is 2.12. The third-order valence-electron chi connectivity index (χ3n) is 4.31. The quantitative estimate of drug-likeness (QED) is 0.644. The molecule has 0 atom stereocenters. The molecule has 0 spiro atoms. The van der Waals surface area contributed by atoms with Crippen molar-refractivity contribution < 1.29 is 18.4 Å². The minimum atomic E-state index is -0.400. The summed E-state index contributed by atoms with van der Waals surface area (Å²) in [6, 6.07) is 11.2. The zero-order valence-electron chi connectivity index (χ0n) is 16.3. The van der Waals surface area contributed by atoms with Crippen LogP contribution < -0.4 is 5.32 Å². The first kappa shape index (κ1) is 21.0. The van der Waals surface area contributed by atoms with Gasteiger partial charge in [0.2, 0.25) is 5.91 Å². The van der Waals surface area contributed by atoms with Gasteiger partial charge in [0, 0.05) is 31.4 Å². The number of carbonyl (C=O) groups is 2. The maximum atomic E-state index is 13.2. The lowest BCUT2D eigenvalue weighted by molar-refractivity contribution is -0.116. The minimum Gasteiger partial charge on any atom is -0.332 e. The lowest BCUT2D eigenvalue weighted by Crippen LogP contribution is -2.34.